The summed E-state index contributed by atoms with van der Waals surface area (Å²) < 4.78 is 1.64. The number of nitrogens with zero attached hydrogens (tertiary/aromatic N) is 2. The van der Waals surface area contributed by atoms with Gasteiger partial charge < -0.3 is 5.32 Å². The predicted octanol–water partition coefficient (Wildman–Crippen LogP) is 8.40. The number of rotatable bonds is 8. The summed E-state index contributed by atoms with van der Waals surface area (Å²) >= 11 is 2.80. The minimum Gasteiger partial charge on any atom is -0.325 e. The van der Waals surface area contributed by atoms with Crippen LogP contribution in [-0.4, -0.2) is 21.2 Å². The fraction of sp³-hybridized carbons (Fsp3) is 0.242. The van der Waals surface area contributed by atoms with Crippen LogP contribution in [0.2, 0.25) is 0 Å². The number of aryl methyl sites for hydroxylation is 1. The van der Waals surface area contributed by atoms with Crippen LogP contribution in [-0.2, 0) is 4.79 Å². The monoisotopic (exact) mass is 567 g/mol. The maximum atomic E-state index is 14.1. The number of carbonyl (C=O) groups is 1. The third-order valence-corrected chi connectivity index (χ3v) is 8.86. The maximum Gasteiger partial charge on any atom is 0.268 e. The molecule has 7 heteroatoms. The molecule has 3 aromatic carbocycles. The average Bonchev–Trinajstić information content (AvgIpc) is 3.28. The van der Waals surface area contributed by atoms with E-state index in [0.29, 0.717) is 15.4 Å². The number of para-hydroxylation sites is 2. The quantitative estimate of drug-likeness (QED) is 0.151. The van der Waals surface area contributed by atoms with E-state index in [1.54, 1.807) is 4.57 Å². The van der Waals surface area contributed by atoms with Crippen molar-refractivity contribution < 1.29 is 4.79 Å². The molecule has 1 amide bonds. The summed E-state index contributed by atoms with van der Waals surface area (Å²) in [4.78, 5) is 34.2. The molecule has 0 saturated carbocycles. The number of carbonyl (C=O) groups excluding carboxylic acids is 1. The fourth-order valence-corrected chi connectivity index (χ4v) is 6.90. The van der Waals surface area contributed by atoms with Gasteiger partial charge in [0.1, 0.15) is 4.83 Å². The molecule has 204 valence electrons. The molecule has 1 N–H and O–H groups in total. The SMILES string of the molecule is Cc1sc2nc(SCC(=O)Nc3c(C(C)C)cccc3C(C)C)n(-c3ccccc3)c(=O)c2c1-c1ccccc1. The van der Waals surface area contributed by atoms with Crippen LogP contribution in [0.5, 0.6) is 0 Å². The van der Waals surface area contributed by atoms with E-state index in [1.807, 2.05) is 67.6 Å². The molecule has 2 aromatic heterocycles. The van der Waals surface area contributed by atoms with Crippen LogP contribution in [0, 0.1) is 6.92 Å². The summed E-state index contributed by atoms with van der Waals surface area (Å²) in [6, 6.07) is 25.7. The number of thioether (sulfide) groups is 1. The van der Waals surface area contributed by atoms with Crippen LogP contribution >= 0.6 is 23.1 Å². The predicted molar refractivity (Wildman–Crippen MR) is 169 cm³/mol. The molecule has 0 bridgehead atoms. The molecule has 40 heavy (non-hydrogen) atoms. The second kappa shape index (κ2) is 11.8. The number of hydrogen-bond donors (Lipinski definition) is 1. The highest BCUT2D eigenvalue weighted by molar-refractivity contribution is 7.99. The van der Waals surface area contributed by atoms with Crippen LogP contribution in [0.1, 0.15) is 55.5 Å². The molecule has 0 saturated heterocycles. The van der Waals surface area contributed by atoms with Gasteiger partial charge in [-0.15, -0.1) is 11.3 Å². The molecular formula is C33H33N3O2S2. The summed E-state index contributed by atoms with van der Waals surface area (Å²) in [5.41, 5.74) is 5.64. The first kappa shape index (κ1) is 27.9. The highest BCUT2D eigenvalue weighted by atomic mass is 32.2. The number of fused-ring (bicyclic) bond motifs is 1. The maximum absolute atomic E-state index is 14.1. The van der Waals surface area contributed by atoms with Crippen LogP contribution in [0.3, 0.4) is 0 Å². The number of hydrogen-bond acceptors (Lipinski definition) is 5. The summed E-state index contributed by atoms with van der Waals surface area (Å²) in [7, 11) is 0. The molecule has 0 aliphatic carbocycles. The Balaban J connectivity index is 1.54. The molecule has 5 aromatic rings. The van der Waals surface area contributed by atoms with E-state index >= 15 is 0 Å². The van der Waals surface area contributed by atoms with Gasteiger partial charge in [-0.25, -0.2) is 4.98 Å². The Morgan fingerprint density at radius 1 is 0.900 bits per heavy atom. The van der Waals surface area contributed by atoms with Crippen molar-refractivity contribution in [2.45, 2.75) is 51.6 Å². The zero-order chi connectivity index (χ0) is 28.4. The van der Waals surface area contributed by atoms with Gasteiger partial charge >= 0.3 is 0 Å². The standard InChI is InChI=1S/C33H33N3O2S2/c1-20(2)25-17-12-18-26(21(3)4)30(25)34-27(37)19-39-33-35-31-29(32(38)36(33)24-15-10-7-11-16-24)28(22(5)40-31)23-13-8-6-9-14-23/h6-18,20-21H,19H2,1-5H3,(H,34,37). The summed E-state index contributed by atoms with van der Waals surface area (Å²) in [5.74, 6) is 0.552. The first-order chi connectivity index (χ1) is 19.3. The molecule has 0 aliphatic rings. The zero-order valence-corrected chi connectivity index (χ0v) is 25.0. The van der Waals surface area contributed by atoms with Gasteiger partial charge in [-0.05, 0) is 47.6 Å². The molecule has 0 fully saturated rings. The van der Waals surface area contributed by atoms with Gasteiger partial charge in [0.2, 0.25) is 5.91 Å². The van der Waals surface area contributed by atoms with Crippen molar-refractivity contribution in [1.29, 1.82) is 0 Å². The second-order valence-corrected chi connectivity index (χ2v) is 12.6. The van der Waals surface area contributed by atoms with Crippen LogP contribution in [0.4, 0.5) is 5.69 Å². The van der Waals surface area contributed by atoms with Gasteiger partial charge in [-0.3, -0.25) is 14.2 Å². The topological polar surface area (TPSA) is 64.0 Å². The molecule has 5 nitrogen and oxygen atoms in total. The third kappa shape index (κ3) is 5.49. The fourth-order valence-electron chi connectivity index (χ4n) is 5.00. The lowest BCUT2D eigenvalue weighted by molar-refractivity contribution is -0.113. The number of benzene rings is 3. The van der Waals surface area contributed by atoms with Gasteiger partial charge in [-0.1, -0.05) is 106 Å². The van der Waals surface area contributed by atoms with Crippen molar-refractivity contribution >= 4 is 44.9 Å². The first-order valence-corrected chi connectivity index (χ1v) is 15.3. The van der Waals surface area contributed by atoms with Crippen molar-refractivity contribution in [3.8, 4) is 16.8 Å². The van der Waals surface area contributed by atoms with Crippen molar-refractivity contribution in [3.63, 3.8) is 0 Å². The van der Waals surface area contributed by atoms with Crippen molar-refractivity contribution in [2.75, 3.05) is 11.1 Å². The van der Waals surface area contributed by atoms with Gasteiger partial charge in [0.25, 0.3) is 5.56 Å². The van der Waals surface area contributed by atoms with Crippen LogP contribution in [0.25, 0.3) is 27.0 Å². The van der Waals surface area contributed by atoms with E-state index in [9.17, 15) is 9.59 Å². The highest BCUT2D eigenvalue weighted by Gasteiger charge is 2.22. The van der Waals surface area contributed by atoms with Crippen molar-refractivity contribution in [2.24, 2.45) is 0 Å². The van der Waals surface area contributed by atoms with E-state index in [2.05, 4.69) is 51.2 Å². The summed E-state index contributed by atoms with van der Waals surface area (Å²) in [5, 5.41) is 4.30. The Kier molecular flexibility index (Phi) is 8.24. The smallest absolute Gasteiger partial charge is 0.268 e. The Labute approximate surface area is 243 Å². The molecule has 2 heterocycles. The van der Waals surface area contributed by atoms with E-state index in [4.69, 9.17) is 4.98 Å². The van der Waals surface area contributed by atoms with Crippen LogP contribution in [0.15, 0.2) is 88.8 Å². The largest absolute Gasteiger partial charge is 0.325 e. The molecule has 0 aliphatic heterocycles. The Bertz CT molecular complexity index is 1700. The van der Waals surface area contributed by atoms with E-state index in [-0.39, 0.29) is 29.1 Å². The zero-order valence-electron chi connectivity index (χ0n) is 23.4. The van der Waals surface area contributed by atoms with Gasteiger partial charge in [0, 0.05) is 16.1 Å². The Hall–Kier alpha value is -3.68. The minimum absolute atomic E-state index is 0.124. The lowest BCUT2D eigenvalue weighted by Crippen LogP contribution is -2.23. The molecule has 5 rings (SSSR count). The van der Waals surface area contributed by atoms with Gasteiger partial charge in [-0.2, -0.15) is 0 Å². The summed E-state index contributed by atoms with van der Waals surface area (Å²) in [6.07, 6.45) is 0. The Morgan fingerprint density at radius 3 is 2.10 bits per heavy atom. The normalized spacial score (nSPS) is 11.5. The minimum atomic E-state index is -0.130. The number of thiophene rings is 1. The average molecular weight is 568 g/mol. The van der Waals surface area contributed by atoms with Crippen LogP contribution < -0.4 is 10.9 Å². The molecule has 0 atom stereocenters. The van der Waals surface area contributed by atoms with Crippen molar-refractivity contribution in [3.05, 3.63) is 105 Å². The number of amides is 1. The first-order valence-electron chi connectivity index (χ1n) is 13.5. The number of nitrogens with one attached hydrogen (secondary N) is 1. The Morgan fingerprint density at radius 2 is 1.50 bits per heavy atom. The molecule has 0 unspecified atom stereocenters. The molecular weight excluding hydrogens is 535 g/mol. The lowest BCUT2D eigenvalue weighted by Gasteiger charge is -2.20. The molecule has 0 spiro atoms. The molecule has 0 radical (unpaired) electrons. The highest BCUT2D eigenvalue weighted by Crippen LogP contribution is 2.37. The van der Waals surface area contributed by atoms with Gasteiger partial charge in [0.15, 0.2) is 5.16 Å². The number of anilines is 1. The lowest BCUT2D eigenvalue weighted by atomic mass is 9.92. The van der Waals surface area contributed by atoms with Gasteiger partial charge in [0.05, 0.1) is 16.8 Å². The number of aromatic nitrogens is 2. The second-order valence-electron chi connectivity index (χ2n) is 10.4. The van der Waals surface area contributed by atoms with E-state index in [0.717, 1.165) is 38.5 Å². The summed E-state index contributed by atoms with van der Waals surface area (Å²) in [6.45, 7) is 10.6. The third-order valence-electron chi connectivity index (χ3n) is 6.92. The van der Waals surface area contributed by atoms with E-state index in [1.165, 1.54) is 23.1 Å². The van der Waals surface area contributed by atoms with Crippen molar-refractivity contribution in [1.82, 2.24) is 9.55 Å². The van der Waals surface area contributed by atoms with E-state index < -0.39 is 0 Å².